The predicted octanol–water partition coefficient (Wildman–Crippen LogP) is 0.0353. The van der Waals surface area contributed by atoms with Crippen LogP contribution in [0.2, 0.25) is 0 Å². The molecular formula is C12H23NO4S. The van der Waals surface area contributed by atoms with Crippen LogP contribution >= 0.6 is 0 Å². The summed E-state index contributed by atoms with van der Waals surface area (Å²) < 4.78 is 28.8. The molecule has 6 heteroatoms. The lowest BCUT2D eigenvalue weighted by molar-refractivity contribution is -0.0252. The average molecular weight is 277 g/mol. The van der Waals surface area contributed by atoms with Gasteiger partial charge in [0.15, 0.2) is 9.84 Å². The second kappa shape index (κ2) is 5.86. The van der Waals surface area contributed by atoms with Crippen LogP contribution in [-0.4, -0.2) is 67.9 Å². The topological polar surface area (TPSA) is 66.8 Å². The molecule has 18 heavy (non-hydrogen) atoms. The van der Waals surface area contributed by atoms with E-state index in [0.29, 0.717) is 0 Å². The Labute approximate surface area is 109 Å². The van der Waals surface area contributed by atoms with Gasteiger partial charge in [-0.1, -0.05) is 6.92 Å². The lowest BCUT2D eigenvalue weighted by Gasteiger charge is -2.37. The number of piperidine rings is 1. The molecule has 2 fully saturated rings. The third-order valence-electron chi connectivity index (χ3n) is 3.73. The summed E-state index contributed by atoms with van der Waals surface area (Å²) in [6.45, 7) is 4.44. The smallest absolute Gasteiger partial charge is 0.154 e. The second-order valence-corrected chi connectivity index (χ2v) is 7.50. The molecule has 0 saturated carbocycles. The fourth-order valence-electron chi connectivity index (χ4n) is 2.85. The quantitative estimate of drug-likeness (QED) is 0.785. The summed E-state index contributed by atoms with van der Waals surface area (Å²) in [6.07, 6.45) is 2.50. The first-order valence-corrected chi connectivity index (χ1v) is 8.58. The normalized spacial score (nSPS) is 36.9. The molecule has 2 rings (SSSR count). The first-order chi connectivity index (χ1) is 8.52. The van der Waals surface area contributed by atoms with E-state index in [2.05, 4.69) is 11.8 Å². The van der Waals surface area contributed by atoms with Gasteiger partial charge in [-0.05, 0) is 25.8 Å². The maximum atomic E-state index is 11.5. The molecule has 106 valence electrons. The van der Waals surface area contributed by atoms with Crippen LogP contribution in [0.4, 0.5) is 0 Å². The number of aliphatic hydroxyl groups excluding tert-OH is 1. The Morgan fingerprint density at radius 3 is 2.78 bits per heavy atom. The van der Waals surface area contributed by atoms with E-state index in [9.17, 15) is 13.5 Å². The Balaban J connectivity index is 1.92. The molecule has 0 aliphatic carbocycles. The lowest BCUT2D eigenvalue weighted by Crippen LogP contribution is -2.50. The van der Waals surface area contributed by atoms with Crippen molar-refractivity contribution in [1.82, 2.24) is 4.90 Å². The summed E-state index contributed by atoms with van der Waals surface area (Å²) in [4.78, 5) is 2.10. The monoisotopic (exact) mass is 277 g/mol. The highest BCUT2D eigenvalue weighted by molar-refractivity contribution is 7.91. The van der Waals surface area contributed by atoms with Crippen LogP contribution in [0.5, 0.6) is 0 Å². The average Bonchev–Trinajstić information content (AvgIpc) is 2.60. The van der Waals surface area contributed by atoms with Gasteiger partial charge in [-0.25, -0.2) is 8.42 Å². The number of ether oxygens (including phenoxy) is 1. The van der Waals surface area contributed by atoms with Crippen molar-refractivity contribution in [2.45, 2.75) is 44.4 Å². The molecule has 0 aromatic carbocycles. The lowest BCUT2D eigenvalue weighted by atomic mass is 10.0. The maximum absolute atomic E-state index is 11.5. The molecule has 0 radical (unpaired) electrons. The van der Waals surface area contributed by atoms with Crippen LogP contribution in [0.1, 0.15) is 26.2 Å². The van der Waals surface area contributed by atoms with E-state index < -0.39 is 15.9 Å². The van der Waals surface area contributed by atoms with Gasteiger partial charge in [0.25, 0.3) is 0 Å². The fourth-order valence-corrected chi connectivity index (χ4v) is 4.68. The van der Waals surface area contributed by atoms with Gasteiger partial charge >= 0.3 is 0 Å². The molecule has 2 aliphatic rings. The Bertz CT molecular complexity index is 370. The summed E-state index contributed by atoms with van der Waals surface area (Å²) in [5, 5.41) is 9.88. The number of hydrogen-bond donors (Lipinski definition) is 1. The SMILES string of the molecule is CCCOC1CCCN(C2CS(=O)(=O)CC2O)C1. The molecule has 0 spiro atoms. The van der Waals surface area contributed by atoms with E-state index in [0.717, 1.165) is 39.0 Å². The third kappa shape index (κ3) is 3.44. The van der Waals surface area contributed by atoms with Crippen molar-refractivity contribution in [2.24, 2.45) is 0 Å². The van der Waals surface area contributed by atoms with Crippen LogP contribution in [-0.2, 0) is 14.6 Å². The van der Waals surface area contributed by atoms with E-state index in [1.807, 2.05) is 0 Å². The van der Waals surface area contributed by atoms with Gasteiger partial charge < -0.3 is 9.84 Å². The number of rotatable bonds is 4. The Morgan fingerprint density at radius 1 is 1.39 bits per heavy atom. The van der Waals surface area contributed by atoms with Crippen molar-refractivity contribution >= 4 is 9.84 Å². The molecule has 2 heterocycles. The Morgan fingerprint density at radius 2 is 2.17 bits per heavy atom. The van der Waals surface area contributed by atoms with Crippen molar-refractivity contribution < 1.29 is 18.3 Å². The van der Waals surface area contributed by atoms with Crippen LogP contribution in [0.25, 0.3) is 0 Å². The van der Waals surface area contributed by atoms with E-state index in [1.54, 1.807) is 0 Å². The van der Waals surface area contributed by atoms with Crippen molar-refractivity contribution in [2.75, 3.05) is 31.2 Å². The van der Waals surface area contributed by atoms with Gasteiger partial charge in [-0.3, -0.25) is 4.90 Å². The highest BCUT2D eigenvalue weighted by atomic mass is 32.2. The van der Waals surface area contributed by atoms with E-state index in [4.69, 9.17) is 4.74 Å². The van der Waals surface area contributed by atoms with Gasteiger partial charge in [0.1, 0.15) is 0 Å². The summed E-state index contributed by atoms with van der Waals surface area (Å²) in [7, 11) is -3.06. The molecule has 0 amide bonds. The molecule has 0 aromatic rings. The maximum Gasteiger partial charge on any atom is 0.154 e. The number of likely N-dealkylation sites (tertiary alicyclic amines) is 1. The summed E-state index contributed by atoms with van der Waals surface area (Å²) in [5.41, 5.74) is 0. The van der Waals surface area contributed by atoms with Crippen molar-refractivity contribution in [3.05, 3.63) is 0 Å². The molecule has 1 N–H and O–H groups in total. The number of aliphatic hydroxyl groups is 1. The van der Waals surface area contributed by atoms with Gasteiger partial charge in [-0.2, -0.15) is 0 Å². The molecule has 0 bridgehead atoms. The van der Waals surface area contributed by atoms with Crippen molar-refractivity contribution in [3.8, 4) is 0 Å². The zero-order chi connectivity index (χ0) is 13.2. The zero-order valence-electron chi connectivity index (χ0n) is 10.9. The summed E-state index contributed by atoms with van der Waals surface area (Å²) in [6, 6.07) is -0.233. The minimum atomic E-state index is -3.06. The number of sulfone groups is 1. The number of nitrogens with zero attached hydrogens (tertiary/aromatic N) is 1. The molecule has 0 aromatic heterocycles. The first kappa shape index (κ1) is 14.2. The molecule has 3 unspecified atom stereocenters. The third-order valence-corrected chi connectivity index (χ3v) is 5.43. The van der Waals surface area contributed by atoms with Crippen LogP contribution in [0, 0.1) is 0 Å². The van der Waals surface area contributed by atoms with Gasteiger partial charge in [0, 0.05) is 13.2 Å². The standard InChI is InChI=1S/C12H23NO4S/c1-2-6-17-10-4-3-5-13(7-10)11-8-18(15,16)9-12(11)14/h10-12,14H,2-9H2,1H3. The first-order valence-electron chi connectivity index (χ1n) is 6.76. The summed E-state index contributed by atoms with van der Waals surface area (Å²) >= 11 is 0. The minimum Gasteiger partial charge on any atom is -0.390 e. The highest BCUT2D eigenvalue weighted by Gasteiger charge is 2.41. The van der Waals surface area contributed by atoms with Gasteiger partial charge in [0.05, 0.1) is 29.8 Å². The molecule has 5 nitrogen and oxygen atoms in total. The van der Waals surface area contributed by atoms with E-state index in [1.165, 1.54) is 0 Å². The van der Waals surface area contributed by atoms with Crippen LogP contribution in [0.3, 0.4) is 0 Å². The highest BCUT2D eigenvalue weighted by Crippen LogP contribution is 2.23. The minimum absolute atomic E-state index is 0.0886. The molecular weight excluding hydrogens is 254 g/mol. The second-order valence-electron chi connectivity index (χ2n) is 5.34. The predicted molar refractivity (Wildman–Crippen MR) is 69.3 cm³/mol. The van der Waals surface area contributed by atoms with E-state index in [-0.39, 0.29) is 23.7 Å². The number of hydrogen-bond acceptors (Lipinski definition) is 5. The van der Waals surface area contributed by atoms with Crippen LogP contribution < -0.4 is 0 Å². The van der Waals surface area contributed by atoms with Crippen LogP contribution in [0.15, 0.2) is 0 Å². The van der Waals surface area contributed by atoms with Crippen molar-refractivity contribution in [3.63, 3.8) is 0 Å². The van der Waals surface area contributed by atoms with Gasteiger partial charge in [-0.15, -0.1) is 0 Å². The fraction of sp³-hybridized carbons (Fsp3) is 1.00. The van der Waals surface area contributed by atoms with E-state index >= 15 is 0 Å². The Hall–Kier alpha value is -0.170. The molecule has 2 saturated heterocycles. The zero-order valence-corrected chi connectivity index (χ0v) is 11.7. The van der Waals surface area contributed by atoms with Crippen molar-refractivity contribution in [1.29, 1.82) is 0 Å². The molecule has 2 aliphatic heterocycles. The molecule has 3 atom stereocenters. The van der Waals surface area contributed by atoms with Gasteiger partial charge in [0.2, 0.25) is 0 Å². The summed E-state index contributed by atoms with van der Waals surface area (Å²) in [5.74, 6) is 0.00329. The Kier molecular flexibility index (Phi) is 4.64. The largest absolute Gasteiger partial charge is 0.390 e.